The van der Waals surface area contributed by atoms with Crippen LogP contribution in [-0.4, -0.2) is 57.9 Å². The first kappa shape index (κ1) is 38.7. The molecule has 0 aromatic heterocycles. The molecule has 0 aromatic carbocycles. The summed E-state index contributed by atoms with van der Waals surface area (Å²) in [5.74, 6) is 0. The van der Waals surface area contributed by atoms with Crippen LogP contribution in [-0.2, 0) is 14.2 Å². The number of thiocarbonyl (C=S) groups is 2. The summed E-state index contributed by atoms with van der Waals surface area (Å²) in [6.07, 6.45) is 26.9. The molecule has 1 saturated heterocycles. The minimum absolute atomic E-state index is 0.140. The first-order valence-electron chi connectivity index (χ1n) is 17.3. The summed E-state index contributed by atoms with van der Waals surface area (Å²) in [5.41, 5.74) is 0. The van der Waals surface area contributed by atoms with Gasteiger partial charge in [-0.1, -0.05) is 142 Å². The molecule has 4 atom stereocenters. The van der Waals surface area contributed by atoms with Crippen LogP contribution < -0.4 is 0 Å². The lowest BCUT2D eigenvalue weighted by Gasteiger charge is -2.28. The van der Waals surface area contributed by atoms with E-state index in [1.54, 1.807) is 0 Å². The van der Waals surface area contributed by atoms with Gasteiger partial charge in [-0.05, 0) is 37.3 Å². The molecule has 41 heavy (non-hydrogen) atoms. The molecule has 1 heterocycles. The highest BCUT2D eigenvalue weighted by atomic mass is 32.1. The van der Waals surface area contributed by atoms with E-state index in [-0.39, 0.29) is 13.2 Å². The Labute approximate surface area is 263 Å². The van der Waals surface area contributed by atoms with Gasteiger partial charge in [0.05, 0.1) is 13.2 Å². The second kappa shape index (κ2) is 27.2. The SMILES string of the molecule is CCCCCCCCCCCCCC(=S)O[C@@H]1[C@H]([C@H](CO)OC(=S)CCCCCCCCCCCCC)OC[C@H]1O. The maximum absolute atomic E-state index is 10.5. The van der Waals surface area contributed by atoms with Crippen molar-refractivity contribution in [1.29, 1.82) is 0 Å². The topological polar surface area (TPSA) is 68.2 Å². The van der Waals surface area contributed by atoms with Crippen LogP contribution in [0.5, 0.6) is 0 Å². The lowest BCUT2D eigenvalue weighted by molar-refractivity contribution is -0.0577. The summed E-state index contributed by atoms with van der Waals surface area (Å²) in [4.78, 5) is 0. The molecule has 0 spiro atoms. The Balaban J connectivity index is 2.18. The fourth-order valence-corrected chi connectivity index (χ4v) is 6.12. The Hall–Kier alpha value is -0.340. The van der Waals surface area contributed by atoms with Crippen molar-refractivity contribution in [3.8, 4) is 0 Å². The lowest BCUT2D eigenvalue weighted by atomic mass is 10.0. The van der Waals surface area contributed by atoms with Crippen LogP contribution in [0.15, 0.2) is 0 Å². The van der Waals surface area contributed by atoms with Crippen molar-refractivity contribution in [2.75, 3.05) is 13.2 Å². The number of hydrogen-bond donors (Lipinski definition) is 2. The molecule has 0 amide bonds. The number of rotatable bonds is 28. The van der Waals surface area contributed by atoms with Crippen LogP contribution in [0, 0.1) is 0 Å². The molecule has 2 N–H and O–H groups in total. The Bertz CT molecular complexity index is 632. The number of aliphatic hydroxyl groups is 2. The summed E-state index contributed by atoms with van der Waals surface area (Å²) in [5, 5.41) is 21.5. The molecule has 1 aliphatic heterocycles. The number of ether oxygens (including phenoxy) is 3. The molecule has 1 fully saturated rings. The predicted octanol–water partition coefficient (Wildman–Crippen LogP) is 9.57. The van der Waals surface area contributed by atoms with Crippen molar-refractivity contribution in [3.63, 3.8) is 0 Å². The van der Waals surface area contributed by atoms with E-state index in [4.69, 9.17) is 38.6 Å². The number of aliphatic hydroxyl groups excluding tert-OH is 2. The van der Waals surface area contributed by atoms with E-state index in [1.807, 2.05) is 0 Å². The quantitative estimate of drug-likeness (QED) is 0.0670. The first-order valence-corrected chi connectivity index (χ1v) is 18.1. The molecule has 5 nitrogen and oxygen atoms in total. The Morgan fingerprint density at radius 3 is 1.46 bits per heavy atom. The highest BCUT2D eigenvalue weighted by Crippen LogP contribution is 2.25. The molecule has 0 aliphatic carbocycles. The van der Waals surface area contributed by atoms with Crippen LogP contribution in [0.4, 0.5) is 0 Å². The molecule has 0 radical (unpaired) electrons. The Kier molecular flexibility index (Phi) is 25.7. The van der Waals surface area contributed by atoms with Crippen LogP contribution >= 0.6 is 24.4 Å². The van der Waals surface area contributed by atoms with E-state index in [2.05, 4.69) is 13.8 Å². The van der Waals surface area contributed by atoms with Gasteiger partial charge in [-0.2, -0.15) is 0 Å². The Morgan fingerprint density at radius 1 is 0.659 bits per heavy atom. The normalized spacial score (nSPS) is 19.4. The van der Waals surface area contributed by atoms with Gasteiger partial charge < -0.3 is 24.4 Å². The predicted molar refractivity (Wildman–Crippen MR) is 180 cm³/mol. The molecule has 0 saturated carbocycles. The summed E-state index contributed by atoms with van der Waals surface area (Å²) < 4.78 is 17.7. The number of hydrogen-bond acceptors (Lipinski definition) is 7. The van der Waals surface area contributed by atoms with Gasteiger partial charge >= 0.3 is 0 Å². The maximum atomic E-state index is 10.5. The average Bonchev–Trinajstić information content (AvgIpc) is 3.32. The summed E-state index contributed by atoms with van der Waals surface area (Å²) in [6, 6.07) is 0. The largest absolute Gasteiger partial charge is 0.479 e. The van der Waals surface area contributed by atoms with Crippen molar-refractivity contribution in [2.24, 2.45) is 0 Å². The van der Waals surface area contributed by atoms with Gasteiger partial charge in [0.15, 0.2) is 22.3 Å². The van der Waals surface area contributed by atoms with E-state index >= 15 is 0 Å². The smallest absolute Gasteiger partial charge is 0.160 e. The van der Waals surface area contributed by atoms with Crippen LogP contribution in [0.2, 0.25) is 0 Å². The van der Waals surface area contributed by atoms with Gasteiger partial charge in [-0.3, -0.25) is 0 Å². The lowest BCUT2D eigenvalue weighted by Crippen LogP contribution is -2.45. The highest BCUT2D eigenvalue weighted by Gasteiger charge is 2.44. The second-order valence-corrected chi connectivity index (χ2v) is 13.0. The van der Waals surface area contributed by atoms with Gasteiger partial charge in [-0.15, -0.1) is 0 Å². The summed E-state index contributed by atoms with van der Waals surface area (Å²) in [6.45, 7) is 4.41. The van der Waals surface area contributed by atoms with E-state index in [9.17, 15) is 10.2 Å². The molecular weight excluding hydrogens is 553 g/mol. The molecule has 0 aromatic rings. The van der Waals surface area contributed by atoms with Crippen molar-refractivity contribution >= 4 is 34.5 Å². The second-order valence-electron chi connectivity index (χ2n) is 12.1. The van der Waals surface area contributed by atoms with Crippen LogP contribution in [0.1, 0.15) is 168 Å². The standard InChI is InChI=1S/C34H64O5S2/c1-3-5-7-9-11-13-15-17-19-21-23-25-31(40)38-30(27-35)34-33(29(36)28-37-34)39-32(41)26-24-22-20-18-16-14-12-10-8-6-4-2/h29-30,33-36H,3-28H2,1-2H3/t29-,30+,33+,34+/m1/s1. The van der Waals surface area contributed by atoms with Gasteiger partial charge in [0, 0.05) is 12.8 Å². The fraction of sp³-hybridized carbons (Fsp3) is 0.941. The molecule has 1 rings (SSSR count). The minimum atomic E-state index is -0.798. The van der Waals surface area contributed by atoms with Crippen molar-refractivity contribution < 1.29 is 24.4 Å². The third-order valence-electron chi connectivity index (χ3n) is 8.23. The van der Waals surface area contributed by atoms with E-state index in [1.165, 1.54) is 116 Å². The molecule has 242 valence electrons. The first-order chi connectivity index (χ1) is 20.0. The summed E-state index contributed by atoms with van der Waals surface area (Å²) in [7, 11) is 0. The van der Waals surface area contributed by atoms with Crippen molar-refractivity contribution in [2.45, 2.75) is 192 Å². The van der Waals surface area contributed by atoms with Crippen molar-refractivity contribution in [3.05, 3.63) is 0 Å². The van der Waals surface area contributed by atoms with E-state index in [0.29, 0.717) is 22.9 Å². The zero-order valence-corrected chi connectivity index (χ0v) is 28.3. The zero-order chi connectivity index (χ0) is 30.0. The van der Waals surface area contributed by atoms with Crippen molar-refractivity contribution in [1.82, 2.24) is 0 Å². The molecular formula is C34H64O5S2. The van der Waals surface area contributed by atoms with Gasteiger partial charge in [0.2, 0.25) is 0 Å². The molecule has 7 heteroatoms. The highest BCUT2D eigenvalue weighted by molar-refractivity contribution is 7.80. The maximum Gasteiger partial charge on any atom is 0.160 e. The monoisotopic (exact) mass is 616 g/mol. The van der Waals surface area contributed by atoms with Crippen LogP contribution in [0.25, 0.3) is 0 Å². The molecule has 0 unspecified atom stereocenters. The van der Waals surface area contributed by atoms with Gasteiger partial charge in [-0.25, -0.2) is 0 Å². The van der Waals surface area contributed by atoms with Crippen LogP contribution in [0.3, 0.4) is 0 Å². The van der Waals surface area contributed by atoms with Gasteiger partial charge in [0.1, 0.15) is 12.2 Å². The van der Waals surface area contributed by atoms with E-state index in [0.717, 1.165) is 25.7 Å². The minimum Gasteiger partial charge on any atom is -0.479 e. The Morgan fingerprint density at radius 2 is 1.05 bits per heavy atom. The third-order valence-corrected chi connectivity index (χ3v) is 8.83. The summed E-state index contributed by atoms with van der Waals surface area (Å²) >= 11 is 11.0. The van der Waals surface area contributed by atoms with E-state index < -0.39 is 24.4 Å². The fourth-order valence-electron chi connectivity index (χ4n) is 5.60. The molecule has 0 bridgehead atoms. The third kappa shape index (κ3) is 20.3. The number of unbranched alkanes of at least 4 members (excludes halogenated alkanes) is 20. The zero-order valence-electron chi connectivity index (χ0n) is 26.6. The average molecular weight is 617 g/mol. The molecule has 1 aliphatic rings. The van der Waals surface area contributed by atoms with Gasteiger partial charge in [0.25, 0.3) is 0 Å².